The monoisotopic (exact) mass is 307 g/mol. The fourth-order valence-electron chi connectivity index (χ4n) is 2.29. The van der Waals surface area contributed by atoms with Gasteiger partial charge in [-0.05, 0) is 36.6 Å². The molecule has 1 heterocycles. The van der Waals surface area contributed by atoms with Gasteiger partial charge in [0, 0.05) is 17.5 Å². The Morgan fingerprint density at radius 3 is 2.65 bits per heavy atom. The van der Waals surface area contributed by atoms with E-state index in [9.17, 15) is 21.6 Å². The van der Waals surface area contributed by atoms with E-state index in [-0.39, 0.29) is 17.5 Å². The molecule has 1 aliphatic rings. The molecule has 0 saturated heterocycles. The molecule has 0 aromatic heterocycles. The van der Waals surface area contributed by atoms with E-state index < -0.39 is 21.6 Å². The van der Waals surface area contributed by atoms with Gasteiger partial charge in [-0.15, -0.1) is 0 Å². The summed E-state index contributed by atoms with van der Waals surface area (Å²) in [5.41, 5.74) is 0.517. The van der Waals surface area contributed by atoms with Crippen LogP contribution in [0.1, 0.15) is 24.5 Å². The number of sulfone groups is 1. The van der Waals surface area contributed by atoms with Crippen LogP contribution in [0.3, 0.4) is 0 Å². The molecule has 1 aromatic carbocycles. The third kappa shape index (κ3) is 3.45. The fourth-order valence-corrected chi connectivity index (χ4v) is 3.39. The molecule has 7 heteroatoms. The number of hydrogen-bond acceptors (Lipinski definition) is 3. The number of rotatable bonds is 3. The summed E-state index contributed by atoms with van der Waals surface area (Å²) < 4.78 is 61.0. The molecule has 0 radical (unpaired) electrons. The number of nitrogens with one attached hydrogen (secondary N) is 1. The Morgan fingerprint density at radius 1 is 1.35 bits per heavy atom. The molecule has 1 aromatic rings. The van der Waals surface area contributed by atoms with Crippen molar-refractivity contribution in [2.45, 2.75) is 32.0 Å². The summed E-state index contributed by atoms with van der Waals surface area (Å²) in [6, 6.07) is 3.29. The van der Waals surface area contributed by atoms with Crippen LogP contribution in [-0.4, -0.2) is 26.0 Å². The molecule has 0 unspecified atom stereocenters. The van der Waals surface area contributed by atoms with E-state index in [1.165, 1.54) is 6.07 Å². The normalized spacial score (nSPS) is 19.3. The summed E-state index contributed by atoms with van der Waals surface area (Å²) in [6.07, 6.45) is -3.37. The number of anilines is 1. The van der Waals surface area contributed by atoms with Gasteiger partial charge in [-0.3, -0.25) is 0 Å². The summed E-state index contributed by atoms with van der Waals surface area (Å²) in [6.45, 7) is 1.59. The van der Waals surface area contributed by atoms with Gasteiger partial charge < -0.3 is 5.32 Å². The number of halogens is 3. The van der Waals surface area contributed by atoms with Crippen LogP contribution in [0, 0.1) is 0 Å². The van der Waals surface area contributed by atoms with Crippen molar-refractivity contribution >= 4 is 15.5 Å². The highest BCUT2D eigenvalue weighted by molar-refractivity contribution is 7.91. The SMILES string of the molecule is CCS(=O)(=O)C[C@H]1CCc2cc(C(F)(F)F)ccc2N1. The van der Waals surface area contributed by atoms with Crippen molar-refractivity contribution < 1.29 is 21.6 Å². The Bertz CT molecular complexity index is 596. The Kier molecular flexibility index (Phi) is 4.00. The minimum absolute atomic E-state index is 0.0178. The van der Waals surface area contributed by atoms with Crippen molar-refractivity contribution in [3.63, 3.8) is 0 Å². The van der Waals surface area contributed by atoms with Crippen LogP contribution in [0.25, 0.3) is 0 Å². The second-order valence-corrected chi connectivity index (χ2v) is 7.35. The van der Waals surface area contributed by atoms with Crippen LogP contribution in [0.2, 0.25) is 0 Å². The Hall–Kier alpha value is -1.24. The van der Waals surface area contributed by atoms with Gasteiger partial charge in [0.05, 0.1) is 11.3 Å². The number of benzene rings is 1. The molecular weight excluding hydrogens is 291 g/mol. The number of hydrogen-bond donors (Lipinski definition) is 1. The smallest absolute Gasteiger partial charge is 0.381 e. The molecule has 112 valence electrons. The maximum Gasteiger partial charge on any atom is 0.416 e. The van der Waals surface area contributed by atoms with Gasteiger partial charge in [-0.2, -0.15) is 13.2 Å². The first-order valence-corrected chi connectivity index (χ1v) is 8.20. The zero-order chi connectivity index (χ0) is 15.0. The number of aryl methyl sites for hydroxylation is 1. The summed E-state index contributed by atoms with van der Waals surface area (Å²) in [5, 5.41) is 3.02. The first-order valence-electron chi connectivity index (χ1n) is 6.38. The number of alkyl halides is 3. The van der Waals surface area contributed by atoms with Crippen LogP contribution in [0.15, 0.2) is 18.2 Å². The van der Waals surface area contributed by atoms with Gasteiger partial charge in [0.2, 0.25) is 0 Å². The highest BCUT2D eigenvalue weighted by atomic mass is 32.2. The lowest BCUT2D eigenvalue weighted by Gasteiger charge is -2.27. The Morgan fingerprint density at radius 2 is 2.05 bits per heavy atom. The van der Waals surface area contributed by atoms with Crippen molar-refractivity contribution in [2.75, 3.05) is 16.8 Å². The minimum atomic E-state index is -4.35. The Labute approximate surface area is 116 Å². The van der Waals surface area contributed by atoms with Crippen LogP contribution < -0.4 is 5.32 Å². The Balaban J connectivity index is 2.16. The first-order chi connectivity index (χ1) is 9.21. The average Bonchev–Trinajstić information content (AvgIpc) is 2.36. The summed E-state index contributed by atoms with van der Waals surface area (Å²) in [7, 11) is -3.10. The molecule has 0 bridgehead atoms. The van der Waals surface area contributed by atoms with Crippen molar-refractivity contribution in [1.82, 2.24) is 0 Å². The number of fused-ring (bicyclic) bond motifs is 1. The predicted molar refractivity (Wildman–Crippen MR) is 71.5 cm³/mol. The first kappa shape index (κ1) is 15.2. The van der Waals surface area contributed by atoms with E-state index in [4.69, 9.17) is 0 Å². The molecule has 0 fully saturated rings. The van der Waals surface area contributed by atoms with Gasteiger partial charge in [0.1, 0.15) is 0 Å². The average molecular weight is 307 g/mol. The lowest BCUT2D eigenvalue weighted by Crippen LogP contribution is -2.33. The topological polar surface area (TPSA) is 46.2 Å². The molecule has 3 nitrogen and oxygen atoms in total. The quantitative estimate of drug-likeness (QED) is 0.934. The maximum absolute atomic E-state index is 12.6. The van der Waals surface area contributed by atoms with E-state index in [0.717, 1.165) is 12.1 Å². The third-order valence-electron chi connectivity index (χ3n) is 3.45. The minimum Gasteiger partial charge on any atom is -0.381 e. The molecule has 1 atom stereocenters. The molecule has 2 rings (SSSR count). The molecule has 0 aliphatic carbocycles. The summed E-state index contributed by atoms with van der Waals surface area (Å²) in [4.78, 5) is 0. The van der Waals surface area contributed by atoms with Crippen LogP contribution in [0.5, 0.6) is 0 Å². The molecule has 1 aliphatic heterocycles. The maximum atomic E-state index is 12.6. The van der Waals surface area contributed by atoms with E-state index >= 15 is 0 Å². The summed E-state index contributed by atoms with van der Waals surface area (Å²) >= 11 is 0. The summed E-state index contributed by atoms with van der Waals surface area (Å²) in [5.74, 6) is 0.0923. The van der Waals surface area contributed by atoms with E-state index in [0.29, 0.717) is 24.1 Å². The second kappa shape index (κ2) is 5.27. The highest BCUT2D eigenvalue weighted by Crippen LogP contribution is 2.34. The van der Waals surface area contributed by atoms with Crippen LogP contribution in [0.4, 0.5) is 18.9 Å². The second-order valence-electron chi connectivity index (χ2n) is 4.95. The van der Waals surface area contributed by atoms with Gasteiger partial charge in [-0.1, -0.05) is 6.92 Å². The standard InChI is InChI=1S/C13H16F3NO2S/c1-2-20(18,19)8-11-5-3-9-7-10(13(14,15)16)4-6-12(9)17-11/h4,6-7,11,17H,2-3,5,8H2,1H3/t11-/m1/s1. The van der Waals surface area contributed by atoms with Gasteiger partial charge in [-0.25, -0.2) is 8.42 Å². The largest absolute Gasteiger partial charge is 0.416 e. The predicted octanol–water partition coefficient (Wildman–Crippen LogP) is 2.87. The van der Waals surface area contributed by atoms with Gasteiger partial charge in [0.15, 0.2) is 9.84 Å². The van der Waals surface area contributed by atoms with Crippen molar-refractivity contribution in [1.29, 1.82) is 0 Å². The van der Waals surface area contributed by atoms with Crippen molar-refractivity contribution in [3.05, 3.63) is 29.3 Å². The zero-order valence-corrected chi connectivity index (χ0v) is 11.8. The molecule has 0 amide bonds. The van der Waals surface area contributed by atoms with E-state index in [1.807, 2.05) is 0 Å². The molecule has 1 N–H and O–H groups in total. The van der Waals surface area contributed by atoms with E-state index in [2.05, 4.69) is 5.32 Å². The molecule has 20 heavy (non-hydrogen) atoms. The van der Waals surface area contributed by atoms with Crippen LogP contribution in [-0.2, 0) is 22.4 Å². The van der Waals surface area contributed by atoms with E-state index in [1.54, 1.807) is 6.92 Å². The lowest BCUT2D eigenvalue weighted by atomic mass is 9.97. The van der Waals surface area contributed by atoms with Crippen molar-refractivity contribution in [2.24, 2.45) is 0 Å². The van der Waals surface area contributed by atoms with Crippen molar-refractivity contribution in [3.8, 4) is 0 Å². The zero-order valence-electron chi connectivity index (χ0n) is 11.0. The van der Waals surface area contributed by atoms with Gasteiger partial charge >= 0.3 is 6.18 Å². The van der Waals surface area contributed by atoms with Crippen LogP contribution >= 0.6 is 0 Å². The fraction of sp³-hybridized carbons (Fsp3) is 0.538. The molecule has 0 spiro atoms. The third-order valence-corrected chi connectivity index (χ3v) is 5.24. The molecule has 0 saturated carbocycles. The van der Waals surface area contributed by atoms with Gasteiger partial charge in [0.25, 0.3) is 0 Å². The lowest BCUT2D eigenvalue weighted by molar-refractivity contribution is -0.137. The highest BCUT2D eigenvalue weighted by Gasteiger charge is 2.32. The molecular formula is C13H16F3NO2S.